The van der Waals surface area contributed by atoms with Gasteiger partial charge in [0.05, 0.1) is 28.0 Å². The highest BCUT2D eigenvalue weighted by atomic mass is 32.1. The van der Waals surface area contributed by atoms with Crippen molar-refractivity contribution in [3.05, 3.63) is 115 Å². The molecule has 2 aromatic heterocycles. The fraction of sp³-hybridized carbons (Fsp3) is 0.154. The Bertz CT molecular complexity index is 1590. The second-order valence-corrected chi connectivity index (χ2v) is 9.13. The maximum atomic E-state index is 13.7. The summed E-state index contributed by atoms with van der Waals surface area (Å²) in [5, 5.41) is 7.23. The van der Waals surface area contributed by atoms with E-state index in [2.05, 4.69) is 15.4 Å². The highest BCUT2D eigenvalue weighted by Crippen LogP contribution is 2.30. The van der Waals surface area contributed by atoms with Gasteiger partial charge in [0.25, 0.3) is 11.5 Å². The van der Waals surface area contributed by atoms with Gasteiger partial charge in [0, 0.05) is 24.0 Å². The molecular formula is C26H23N5O2S. The number of allylic oxidation sites excluding steroid dienone is 1. The summed E-state index contributed by atoms with van der Waals surface area (Å²) in [5.41, 5.74) is 4.23. The summed E-state index contributed by atoms with van der Waals surface area (Å²) in [6.07, 6.45) is 3.59. The first-order valence-corrected chi connectivity index (χ1v) is 11.7. The lowest BCUT2D eigenvalue weighted by atomic mass is 9.95. The van der Waals surface area contributed by atoms with E-state index in [1.54, 1.807) is 15.4 Å². The van der Waals surface area contributed by atoms with Crippen LogP contribution in [0.25, 0.3) is 6.08 Å². The Kier molecular flexibility index (Phi) is 5.59. The number of anilines is 1. The van der Waals surface area contributed by atoms with Gasteiger partial charge in [-0.25, -0.2) is 4.99 Å². The molecule has 0 unspecified atom stereocenters. The smallest absolute Gasteiger partial charge is 0.271 e. The first kappa shape index (κ1) is 21.8. The number of rotatable bonds is 4. The van der Waals surface area contributed by atoms with E-state index in [-0.39, 0.29) is 11.5 Å². The molecule has 1 aliphatic rings. The van der Waals surface area contributed by atoms with Gasteiger partial charge in [-0.3, -0.25) is 18.8 Å². The summed E-state index contributed by atoms with van der Waals surface area (Å²) >= 11 is 1.32. The van der Waals surface area contributed by atoms with E-state index in [1.165, 1.54) is 11.3 Å². The van der Waals surface area contributed by atoms with Gasteiger partial charge in [-0.2, -0.15) is 5.10 Å². The number of hydrogen-bond acceptors (Lipinski definition) is 5. The molecule has 0 saturated carbocycles. The third-order valence-electron chi connectivity index (χ3n) is 5.97. The van der Waals surface area contributed by atoms with Gasteiger partial charge in [-0.05, 0) is 37.6 Å². The SMILES string of the molecule is CC1=C(C(=O)Nc2ccccc2)[C@H](c2ccccc2)n2c(s/c(=C/c3cnn(C)c3C)c2=O)=N1. The fourth-order valence-electron chi connectivity index (χ4n) is 4.08. The zero-order valence-electron chi connectivity index (χ0n) is 19.0. The van der Waals surface area contributed by atoms with Gasteiger partial charge >= 0.3 is 0 Å². The van der Waals surface area contributed by atoms with Gasteiger partial charge in [0.1, 0.15) is 0 Å². The van der Waals surface area contributed by atoms with Crippen LogP contribution in [0.3, 0.4) is 0 Å². The van der Waals surface area contributed by atoms with E-state index in [4.69, 9.17) is 0 Å². The Morgan fingerprint density at radius 2 is 1.74 bits per heavy atom. The lowest BCUT2D eigenvalue weighted by Crippen LogP contribution is -2.40. The van der Waals surface area contributed by atoms with Gasteiger partial charge < -0.3 is 5.32 Å². The van der Waals surface area contributed by atoms with Crippen LogP contribution in [0.4, 0.5) is 5.69 Å². The van der Waals surface area contributed by atoms with Crippen LogP contribution in [0.5, 0.6) is 0 Å². The second kappa shape index (κ2) is 8.72. The summed E-state index contributed by atoms with van der Waals surface area (Å²) in [5.74, 6) is -0.279. The van der Waals surface area contributed by atoms with Crippen molar-refractivity contribution in [1.82, 2.24) is 14.3 Å². The number of nitrogens with zero attached hydrogens (tertiary/aromatic N) is 4. The largest absolute Gasteiger partial charge is 0.322 e. The van der Waals surface area contributed by atoms with Gasteiger partial charge in [0.15, 0.2) is 4.80 Å². The van der Waals surface area contributed by atoms with Crippen LogP contribution in [-0.4, -0.2) is 20.3 Å². The molecule has 5 rings (SSSR count). The van der Waals surface area contributed by atoms with Crippen molar-refractivity contribution in [2.24, 2.45) is 12.0 Å². The zero-order valence-corrected chi connectivity index (χ0v) is 19.8. The number of hydrogen-bond donors (Lipinski definition) is 1. The number of fused-ring (bicyclic) bond motifs is 1. The Labute approximate surface area is 200 Å². The lowest BCUT2D eigenvalue weighted by Gasteiger charge is -2.25. The number of carbonyl (C=O) groups is 1. The minimum atomic E-state index is -0.585. The number of aryl methyl sites for hydroxylation is 1. The molecule has 0 fully saturated rings. The summed E-state index contributed by atoms with van der Waals surface area (Å²) in [6, 6.07) is 18.3. The molecule has 3 heterocycles. The van der Waals surface area contributed by atoms with E-state index >= 15 is 0 Å². The van der Waals surface area contributed by atoms with Gasteiger partial charge in [-0.1, -0.05) is 59.9 Å². The Morgan fingerprint density at radius 1 is 1.06 bits per heavy atom. The molecule has 0 spiro atoms. The molecule has 0 aliphatic carbocycles. The van der Waals surface area contributed by atoms with E-state index in [0.717, 1.165) is 16.8 Å². The van der Waals surface area contributed by atoms with Crippen molar-refractivity contribution in [2.75, 3.05) is 5.32 Å². The molecule has 0 saturated heterocycles. The normalized spacial score (nSPS) is 15.7. The number of para-hydroxylation sites is 1. The highest BCUT2D eigenvalue weighted by Gasteiger charge is 2.32. The van der Waals surface area contributed by atoms with E-state index in [0.29, 0.717) is 26.3 Å². The molecule has 1 N–H and O–H groups in total. The maximum absolute atomic E-state index is 13.7. The molecular weight excluding hydrogens is 446 g/mol. The average molecular weight is 470 g/mol. The number of carbonyl (C=O) groups excluding carboxylic acids is 1. The van der Waals surface area contributed by atoms with Crippen LogP contribution in [-0.2, 0) is 11.8 Å². The summed E-state index contributed by atoms with van der Waals surface area (Å²) < 4.78 is 3.95. The molecule has 4 aromatic rings. The molecule has 8 heteroatoms. The van der Waals surface area contributed by atoms with Crippen molar-refractivity contribution in [1.29, 1.82) is 0 Å². The van der Waals surface area contributed by atoms with Crippen LogP contribution in [0.1, 0.15) is 29.8 Å². The van der Waals surface area contributed by atoms with Crippen LogP contribution in [0, 0.1) is 6.92 Å². The third-order valence-corrected chi connectivity index (χ3v) is 6.96. The summed E-state index contributed by atoms with van der Waals surface area (Å²) in [6.45, 7) is 3.77. The third kappa shape index (κ3) is 3.82. The monoisotopic (exact) mass is 469 g/mol. The quantitative estimate of drug-likeness (QED) is 0.499. The molecule has 1 aliphatic heterocycles. The molecule has 0 bridgehead atoms. The number of benzene rings is 2. The standard InChI is InChI=1S/C26H23N5O2S/c1-16-22(24(32)29-20-12-8-5-9-13-20)23(18-10-6-4-7-11-18)31-25(33)21(34-26(31)28-16)14-19-15-27-30(3)17(19)2/h4-15,23H,1-3H3,(H,29,32)/b21-14+/t23-/m0/s1. The molecule has 0 radical (unpaired) electrons. The second-order valence-electron chi connectivity index (χ2n) is 8.12. The number of aromatic nitrogens is 3. The Balaban J connectivity index is 1.68. The maximum Gasteiger partial charge on any atom is 0.271 e. The minimum absolute atomic E-state index is 0.182. The lowest BCUT2D eigenvalue weighted by molar-refractivity contribution is -0.113. The van der Waals surface area contributed by atoms with Gasteiger partial charge in [0.2, 0.25) is 0 Å². The molecule has 34 heavy (non-hydrogen) atoms. The summed E-state index contributed by atoms with van der Waals surface area (Å²) in [7, 11) is 1.87. The van der Waals surface area contributed by atoms with Crippen molar-refractivity contribution >= 4 is 29.0 Å². The highest BCUT2D eigenvalue weighted by molar-refractivity contribution is 7.07. The van der Waals surface area contributed by atoms with E-state index in [9.17, 15) is 9.59 Å². The molecule has 2 aromatic carbocycles. The predicted molar refractivity (Wildman–Crippen MR) is 133 cm³/mol. The van der Waals surface area contributed by atoms with Crippen molar-refractivity contribution in [3.8, 4) is 0 Å². The average Bonchev–Trinajstić information content (AvgIpc) is 3.32. The summed E-state index contributed by atoms with van der Waals surface area (Å²) in [4.78, 5) is 32.4. The van der Waals surface area contributed by atoms with Crippen LogP contribution in [0.15, 0.2) is 87.9 Å². The van der Waals surface area contributed by atoms with Gasteiger partial charge in [-0.15, -0.1) is 0 Å². The Morgan fingerprint density at radius 3 is 2.38 bits per heavy atom. The molecule has 1 atom stereocenters. The van der Waals surface area contributed by atoms with Crippen LogP contribution in [0.2, 0.25) is 0 Å². The van der Waals surface area contributed by atoms with Crippen molar-refractivity contribution in [2.45, 2.75) is 19.9 Å². The van der Waals surface area contributed by atoms with E-state index in [1.807, 2.05) is 87.6 Å². The minimum Gasteiger partial charge on any atom is -0.322 e. The molecule has 7 nitrogen and oxygen atoms in total. The van der Waals surface area contributed by atoms with Crippen LogP contribution >= 0.6 is 11.3 Å². The first-order valence-electron chi connectivity index (χ1n) is 10.9. The molecule has 170 valence electrons. The van der Waals surface area contributed by atoms with Crippen LogP contribution < -0.4 is 20.2 Å². The fourth-order valence-corrected chi connectivity index (χ4v) is 5.12. The van der Waals surface area contributed by atoms with Crippen molar-refractivity contribution in [3.63, 3.8) is 0 Å². The predicted octanol–water partition coefficient (Wildman–Crippen LogP) is 2.92. The number of thiazole rings is 1. The Hall–Kier alpha value is -4.04. The van der Waals surface area contributed by atoms with E-state index < -0.39 is 6.04 Å². The topological polar surface area (TPSA) is 81.3 Å². The number of nitrogens with one attached hydrogen (secondary N) is 1. The number of amides is 1. The van der Waals surface area contributed by atoms with Crippen molar-refractivity contribution < 1.29 is 4.79 Å². The first-order chi connectivity index (χ1) is 16.4. The zero-order chi connectivity index (χ0) is 23.8. The molecule has 1 amide bonds.